The summed E-state index contributed by atoms with van der Waals surface area (Å²) in [5, 5.41) is 1.80. The number of rotatable bonds is 5. The molecule has 0 aliphatic carbocycles. The molecule has 1 aromatic carbocycles. The van der Waals surface area contributed by atoms with Gasteiger partial charge >= 0.3 is 5.97 Å². The van der Waals surface area contributed by atoms with E-state index in [2.05, 4.69) is 23.8 Å². The third kappa shape index (κ3) is 4.02. The fourth-order valence-electron chi connectivity index (χ4n) is 2.69. The van der Waals surface area contributed by atoms with Crippen LogP contribution >= 0.6 is 23.1 Å². The first-order valence-corrected chi connectivity index (χ1v) is 10.3. The lowest BCUT2D eigenvalue weighted by atomic mass is 10.2. The summed E-state index contributed by atoms with van der Waals surface area (Å²) in [6.45, 7) is 5.68. The molecule has 3 rings (SSSR count). The van der Waals surface area contributed by atoms with E-state index in [1.54, 1.807) is 50.8 Å². The molecule has 2 aromatic heterocycles. The Morgan fingerprint density at radius 2 is 1.89 bits per heavy atom. The maximum atomic E-state index is 12.7. The van der Waals surface area contributed by atoms with E-state index in [0.29, 0.717) is 5.56 Å². The van der Waals surface area contributed by atoms with Crippen LogP contribution in [0.4, 0.5) is 0 Å². The van der Waals surface area contributed by atoms with Crippen LogP contribution in [0.15, 0.2) is 40.5 Å². The van der Waals surface area contributed by atoms with Gasteiger partial charge in [-0.3, -0.25) is 4.79 Å². The predicted octanol–water partition coefficient (Wildman–Crippen LogP) is 4.09. The normalized spacial score (nSPS) is 12.0. The molecular weight excluding hydrogens is 394 g/mol. The number of carbonyl (C=O) groups is 2. The number of hydrogen-bond donors (Lipinski definition) is 0. The summed E-state index contributed by atoms with van der Waals surface area (Å²) in [5.41, 5.74) is 1.55. The van der Waals surface area contributed by atoms with Crippen LogP contribution < -0.4 is 0 Å². The Labute approximate surface area is 171 Å². The number of benzene rings is 1. The minimum absolute atomic E-state index is 0.264. The van der Waals surface area contributed by atoms with Crippen molar-refractivity contribution in [3.05, 3.63) is 46.6 Å². The quantitative estimate of drug-likeness (QED) is 0.462. The van der Waals surface area contributed by atoms with Crippen molar-refractivity contribution in [2.45, 2.75) is 36.8 Å². The molecule has 3 aromatic rings. The number of aromatic nitrogens is 2. The molecule has 1 amide bonds. The van der Waals surface area contributed by atoms with E-state index in [4.69, 9.17) is 4.74 Å². The monoisotopic (exact) mass is 415 g/mol. The van der Waals surface area contributed by atoms with Crippen LogP contribution in [-0.2, 0) is 9.53 Å². The van der Waals surface area contributed by atoms with Gasteiger partial charge in [0.15, 0.2) is 6.10 Å². The van der Waals surface area contributed by atoms with Gasteiger partial charge in [-0.25, -0.2) is 14.8 Å². The number of carbonyl (C=O) groups excluding carboxylic acids is 2. The number of aryl methyl sites for hydroxylation is 2. The third-order valence-electron chi connectivity index (χ3n) is 4.32. The average molecular weight is 416 g/mol. The second-order valence-corrected chi connectivity index (χ2v) is 8.75. The summed E-state index contributed by atoms with van der Waals surface area (Å²) >= 11 is 3.03. The number of ether oxygens (including phenoxy) is 1. The summed E-state index contributed by atoms with van der Waals surface area (Å²) in [6.07, 6.45) is 0.687. The van der Waals surface area contributed by atoms with Crippen LogP contribution in [-0.4, -0.2) is 46.9 Å². The molecule has 8 heteroatoms. The largest absolute Gasteiger partial charge is 0.449 e. The molecule has 146 valence electrons. The van der Waals surface area contributed by atoms with Gasteiger partial charge < -0.3 is 9.64 Å². The average Bonchev–Trinajstić information content (AvgIpc) is 2.96. The zero-order chi connectivity index (χ0) is 20.4. The van der Waals surface area contributed by atoms with Crippen molar-refractivity contribution >= 4 is 45.2 Å². The van der Waals surface area contributed by atoms with E-state index in [9.17, 15) is 9.59 Å². The molecule has 0 radical (unpaired) electrons. The van der Waals surface area contributed by atoms with Crippen LogP contribution in [0.2, 0.25) is 0 Å². The number of nitrogens with zero attached hydrogens (tertiary/aromatic N) is 3. The van der Waals surface area contributed by atoms with Gasteiger partial charge in [0.25, 0.3) is 5.91 Å². The van der Waals surface area contributed by atoms with Crippen LogP contribution in [0.3, 0.4) is 0 Å². The fourth-order valence-corrected chi connectivity index (χ4v) is 4.82. The van der Waals surface area contributed by atoms with Crippen molar-refractivity contribution in [2.24, 2.45) is 0 Å². The van der Waals surface area contributed by atoms with Gasteiger partial charge in [0.05, 0.1) is 5.56 Å². The Bertz CT molecular complexity index is 1050. The van der Waals surface area contributed by atoms with Gasteiger partial charge in [-0.05, 0) is 38.5 Å². The molecule has 1 unspecified atom stereocenters. The Morgan fingerprint density at radius 1 is 1.18 bits per heavy atom. The van der Waals surface area contributed by atoms with Crippen LogP contribution in [0.25, 0.3) is 10.2 Å². The first kappa shape index (κ1) is 20.3. The molecule has 0 bridgehead atoms. The molecule has 0 spiro atoms. The topological polar surface area (TPSA) is 72.4 Å². The lowest BCUT2D eigenvalue weighted by Crippen LogP contribution is -2.35. The molecule has 0 aliphatic rings. The fraction of sp³-hybridized carbons (Fsp3) is 0.300. The van der Waals surface area contributed by atoms with E-state index in [1.807, 2.05) is 12.1 Å². The summed E-state index contributed by atoms with van der Waals surface area (Å²) in [5.74, 6) is -0.797. The first-order chi connectivity index (χ1) is 13.3. The minimum atomic E-state index is -0.854. The number of thiophene rings is 1. The summed E-state index contributed by atoms with van der Waals surface area (Å²) < 4.78 is 5.38. The highest BCUT2D eigenvalue weighted by Gasteiger charge is 2.23. The lowest BCUT2D eigenvalue weighted by Gasteiger charge is -2.18. The highest BCUT2D eigenvalue weighted by atomic mass is 32.2. The van der Waals surface area contributed by atoms with E-state index in [1.165, 1.54) is 21.5 Å². The van der Waals surface area contributed by atoms with Gasteiger partial charge in [0, 0.05) is 29.3 Å². The minimum Gasteiger partial charge on any atom is -0.449 e. The van der Waals surface area contributed by atoms with E-state index >= 15 is 0 Å². The molecule has 0 aliphatic heterocycles. The summed E-state index contributed by atoms with van der Waals surface area (Å²) in [7, 11) is 3.25. The second-order valence-electron chi connectivity index (χ2n) is 6.52. The van der Waals surface area contributed by atoms with Gasteiger partial charge in [-0.2, -0.15) is 0 Å². The van der Waals surface area contributed by atoms with E-state index in [-0.39, 0.29) is 5.91 Å². The van der Waals surface area contributed by atoms with E-state index in [0.717, 1.165) is 25.7 Å². The molecule has 0 N–H and O–H groups in total. The summed E-state index contributed by atoms with van der Waals surface area (Å²) in [6, 6.07) is 7.18. The van der Waals surface area contributed by atoms with Gasteiger partial charge in [0.1, 0.15) is 16.2 Å². The molecule has 6 nitrogen and oxygen atoms in total. The van der Waals surface area contributed by atoms with Gasteiger partial charge in [-0.15, -0.1) is 11.3 Å². The SMILES string of the molecule is Cc1sc2ncnc(Sc3ccccc3C(=O)OC(C)C(=O)N(C)C)c2c1C. The highest BCUT2D eigenvalue weighted by molar-refractivity contribution is 7.99. The van der Waals surface area contributed by atoms with Crippen LogP contribution in [0.5, 0.6) is 0 Å². The van der Waals surface area contributed by atoms with Gasteiger partial charge in [0.2, 0.25) is 0 Å². The molecule has 0 fully saturated rings. The highest BCUT2D eigenvalue weighted by Crippen LogP contribution is 2.38. The van der Waals surface area contributed by atoms with Crippen molar-refractivity contribution < 1.29 is 14.3 Å². The van der Waals surface area contributed by atoms with E-state index < -0.39 is 12.1 Å². The smallest absolute Gasteiger partial charge is 0.340 e. The zero-order valence-corrected chi connectivity index (χ0v) is 18.0. The third-order valence-corrected chi connectivity index (χ3v) is 6.51. The number of likely N-dealkylation sites (N-methyl/N-ethyl adjacent to an activating group) is 1. The van der Waals surface area contributed by atoms with Crippen molar-refractivity contribution in [1.29, 1.82) is 0 Å². The Morgan fingerprint density at radius 3 is 2.61 bits per heavy atom. The Balaban J connectivity index is 1.92. The molecule has 28 heavy (non-hydrogen) atoms. The van der Waals surface area contributed by atoms with Crippen LogP contribution in [0, 0.1) is 13.8 Å². The maximum Gasteiger partial charge on any atom is 0.340 e. The molecule has 1 atom stereocenters. The molecule has 2 heterocycles. The first-order valence-electron chi connectivity index (χ1n) is 8.69. The molecular formula is C20H21N3O3S2. The summed E-state index contributed by atoms with van der Waals surface area (Å²) in [4.78, 5) is 37.7. The van der Waals surface area contributed by atoms with Crippen molar-refractivity contribution in [3.8, 4) is 0 Å². The molecule has 0 saturated heterocycles. The molecule has 0 saturated carbocycles. The predicted molar refractivity (Wildman–Crippen MR) is 111 cm³/mol. The number of esters is 1. The standard InChI is InChI=1S/C20H21N3O3S2/c1-11-13(3)27-17-16(11)18(22-10-21-17)28-15-9-7-6-8-14(15)20(25)26-12(2)19(24)23(4)5/h6-10,12H,1-5H3. The zero-order valence-electron chi connectivity index (χ0n) is 16.3. The number of hydrogen-bond acceptors (Lipinski definition) is 7. The Kier molecular flexibility index (Phi) is 6.00. The Hall–Kier alpha value is -2.45. The van der Waals surface area contributed by atoms with Crippen molar-refractivity contribution in [3.63, 3.8) is 0 Å². The second kappa shape index (κ2) is 8.28. The maximum absolute atomic E-state index is 12.7. The lowest BCUT2D eigenvalue weighted by molar-refractivity contribution is -0.137. The van der Waals surface area contributed by atoms with Gasteiger partial charge in [-0.1, -0.05) is 23.9 Å². The van der Waals surface area contributed by atoms with Crippen LogP contribution in [0.1, 0.15) is 27.7 Å². The van der Waals surface area contributed by atoms with Crippen molar-refractivity contribution in [2.75, 3.05) is 14.1 Å². The van der Waals surface area contributed by atoms with Crippen molar-refractivity contribution in [1.82, 2.24) is 14.9 Å². The number of fused-ring (bicyclic) bond motifs is 1. The number of amides is 1.